The van der Waals surface area contributed by atoms with Gasteiger partial charge in [-0.05, 0) is 29.8 Å². The topological polar surface area (TPSA) is 52.3 Å². The smallest absolute Gasteiger partial charge is 0.338 e. The summed E-state index contributed by atoms with van der Waals surface area (Å²) in [4.78, 5) is 11.6. The Balaban J connectivity index is 1.95. The van der Waals surface area contributed by atoms with E-state index in [1.54, 1.807) is 36.4 Å². The van der Waals surface area contributed by atoms with Gasteiger partial charge in [0.05, 0.1) is 5.56 Å². The molecule has 0 aliphatic heterocycles. The summed E-state index contributed by atoms with van der Waals surface area (Å²) in [5.74, 6) is -0.317. The van der Waals surface area contributed by atoms with Crippen molar-refractivity contribution in [2.45, 2.75) is 6.61 Å². The molecule has 0 aromatic heterocycles. The van der Waals surface area contributed by atoms with Crippen molar-refractivity contribution in [3.8, 4) is 0 Å². The Labute approximate surface area is 99.8 Å². The Morgan fingerprint density at radius 1 is 1.00 bits per heavy atom. The van der Waals surface area contributed by atoms with Crippen LogP contribution in [0.5, 0.6) is 0 Å². The number of nitrogens with two attached hydrogens (primary N) is 1. The average molecular weight is 227 g/mol. The first-order valence-corrected chi connectivity index (χ1v) is 5.32. The molecule has 0 spiro atoms. The summed E-state index contributed by atoms with van der Waals surface area (Å²) in [6.45, 7) is 0.258. The summed E-state index contributed by atoms with van der Waals surface area (Å²) in [6, 6.07) is 16.2. The van der Waals surface area contributed by atoms with Crippen LogP contribution in [-0.4, -0.2) is 5.97 Å². The maximum Gasteiger partial charge on any atom is 0.338 e. The highest BCUT2D eigenvalue weighted by Gasteiger charge is 2.05. The minimum atomic E-state index is -0.317. The van der Waals surface area contributed by atoms with Gasteiger partial charge >= 0.3 is 5.97 Å². The molecule has 0 saturated carbocycles. The van der Waals surface area contributed by atoms with Gasteiger partial charge in [0.2, 0.25) is 0 Å². The monoisotopic (exact) mass is 227 g/mol. The maximum atomic E-state index is 11.6. The summed E-state index contributed by atoms with van der Waals surface area (Å²) in [7, 11) is 0. The van der Waals surface area contributed by atoms with E-state index in [-0.39, 0.29) is 12.6 Å². The van der Waals surface area contributed by atoms with E-state index in [1.165, 1.54) is 0 Å². The predicted molar refractivity (Wildman–Crippen MR) is 66.4 cm³/mol. The van der Waals surface area contributed by atoms with Gasteiger partial charge in [0.25, 0.3) is 0 Å². The van der Waals surface area contributed by atoms with E-state index in [4.69, 9.17) is 10.5 Å². The van der Waals surface area contributed by atoms with Crippen LogP contribution < -0.4 is 5.73 Å². The van der Waals surface area contributed by atoms with Crippen LogP contribution in [0.2, 0.25) is 0 Å². The Morgan fingerprint density at radius 3 is 2.29 bits per heavy atom. The van der Waals surface area contributed by atoms with Gasteiger partial charge in [-0.15, -0.1) is 0 Å². The molecule has 3 heteroatoms. The van der Waals surface area contributed by atoms with Gasteiger partial charge < -0.3 is 10.5 Å². The number of esters is 1. The number of rotatable bonds is 3. The summed E-state index contributed by atoms with van der Waals surface area (Å²) in [5.41, 5.74) is 7.74. The molecular weight excluding hydrogens is 214 g/mol. The van der Waals surface area contributed by atoms with Crippen molar-refractivity contribution >= 4 is 11.7 Å². The fourth-order valence-corrected chi connectivity index (χ4v) is 1.42. The standard InChI is InChI=1S/C14H13NO2/c15-13-8-6-11(7-9-13)10-17-14(16)12-4-2-1-3-5-12/h1-9H,10,15H2. The van der Waals surface area contributed by atoms with Gasteiger partial charge in [0.15, 0.2) is 0 Å². The van der Waals surface area contributed by atoms with Crippen LogP contribution in [0.25, 0.3) is 0 Å². The van der Waals surface area contributed by atoms with E-state index >= 15 is 0 Å². The van der Waals surface area contributed by atoms with E-state index < -0.39 is 0 Å². The third-order valence-electron chi connectivity index (χ3n) is 2.36. The molecule has 0 fully saturated rings. The Bertz CT molecular complexity index is 491. The molecule has 2 rings (SSSR count). The molecule has 3 nitrogen and oxygen atoms in total. The minimum absolute atomic E-state index is 0.258. The lowest BCUT2D eigenvalue weighted by Gasteiger charge is -2.05. The number of carbonyl (C=O) groups excluding carboxylic acids is 1. The Kier molecular flexibility index (Phi) is 3.40. The zero-order valence-corrected chi connectivity index (χ0v) is 9.30. The predicted octanol–water partition coefficient (Wildman–Crippen LogP) is 2.63. The molecule has 0 heterocycles. The number of carbonyl (C=O) groups is 1. The lowest BCUT2D eigenvalue weighted by atomic mass is 10.2. The van der Waals surface area contributed by atoms with Crippen LogP contribution in [0.3, 0.4) is 0 Å². The number of anilines is 1. The number of ether oxygens (including phenoxy) is 1. The van der Waals surface area contributed by atoms with Crippen molar-refractivity contribution in [1.29, 1.82) is 0 Å². The minimum Gasteiger partial charge on any atom is -0.457 e. The van der Waals surface area contributed by atoms with Gasteiger partial charge in [-0.3, -0.25) is 0 Å². The normalized spacial score (nSPS) is 9.88. The van der Waals surface area contributed by atoms with Crippen LogP contribution in [-0.2, 0) is 11.3 Å². The molecule has 2 aromatic rings. The molecular formula is C14H13NO2. The van der Waals surface area contributed by atoms with Gasteiger partial charge in [-0.1, -0.05) is 30.3 Å². The molecule has 0 unspecified atom stereocenters. The van der Waals surface area contributed by atoms with E-state index in [9.17, 15) is 4.79 Å². The molecule has 0 saturated heterocycles. The third kappa shape index (κ3) is 3.08. The second-order valence-corrected chi connectivity index (χ2v) is 3.68. The zero-order chi connectivity index (χ0) is 12.1. The average Bonchev–Trinajstić information content (AvgIpc) is 2.39. The zero-order valence-electron chi connectivity index (χ0n) is 9.30. The van der Waals surface area contributed by atoms with E-state index in [0.29, 0.717) is 11.3 Å². The maximum absolute atomic E-state index is 11.6. The Hall–Kier alpha value is -2.29. The van der Waals surface area contributed by atoms with Crippen LogP contribution in [0, 0.1) is 0 Å². The van der Waals surface area contributed by atoms with Crippen molar-refractivity contribution in [2.75, 3.05) is 5.73 Å². The molecule has 0 atom stereocenters. The second kappa shape index (κ2) is 5.16. The lowest BCUT2D eigenvalue weighted by Crippen LogP contribution is -2.04. The van der Waals surface area contributed by atoms with Crippen LogP contribution >= 0.6 is 0 Å². The SMILES string of the molecule is Nc1ccc(COC(=O)c2ccccc2)cc1. The van der Waals surface area contributed by atoms with Crippen molar-refractivity contribution in [2.24, 2.45) is 0 Å². The number of hydrogen-bond acceptors (Lipinski definition) is 3. The van der Waals surface area contributed by atoms with Gasteiger partial charge in [0, 0.05) is 5.69 Å². The van der Waals surface area contributed by atoms with Gasteiger partial charge in [-0.2, -0.15) is 0 Å². The van der Waals surface area contributed by atoms with Crippen LogP contribution in [0.1, 0.15) is 15.9 Å². The Morgan fingerprint density at radius 2 is 1.65 bits per heavy atom. The first kappa shape index (κ1) is 11.2. The highest BCUT2D eigenvalue weighted by atomic mass is 16.5. The summed E-state index contributed by atoms with van der Waals surface area (Å²) in [5, 5.41) is 0. The molecule has 86 valence electrons. The van der Waals surface area contributed by atoms with E-state index in [1.807, 2.05) is 18.2 Å². The number of benzene rings is 2. The van der Waals surface area contributed by atoms with Crippen LogP contribution in [0.4, 0.5) is 5.69 Å². The van der Waals surface area contributed by atoms with Crippen LogP contribution in [0.15, 0.2) is 54.6 Å². The largest absolute Gasteiger partial charge is 0.457 e. The third-order valence-corrected chi connectivity index (χ3v) is 2.36. The molecule has 2 aromatic carbocycles. The first-order chi connectivity index (χ1) is 8.25. The van der Waals surface area contributed by atoms with Crippen molar-refractivity contribution in [1.82, 2.24) is 0 Å². The van der Waals surface area contributed by atoms with Gasteiger partial charge in [0.1, 0.15) is 6.61 Å². The molecule has 2 N–H and O–H groups in total. The van der Waals surface area contributed by atoms with E-state index in [2.05, 4.69) is 0 Å². The van der Waals surface area contributed by atoms with E-state index in [0.717, 1.165) is 5.56 Å². The van der Waals surface area contributed by atoms with Gasteiger partial charge in [-0.25, -0.2) is 4.79 Å². The fraction of sp³-hybridized carbons (Fsp3) is 0.0714. The summed E-state index contributed by atoms with van der Waals surface area (Å²) in [6.07, 6.45) is 0. The molecule has 0 radical (unpaired) electrons. The summed E-state index contributed by atoms with van der Waals surface area (Å²) < 4.78 is 5.17. The second-order valence-electron chi connectivity index (χ2n) is 3.68. The molecule has 17 heavy (non-hydrogen) atoms. The first-order valence-electron chi connectivity index (χ1n) is 5.32. The lowest BCUT2D eigenvalue weighted by molar-refractivity contribution is 0.0473. The van der Waals surface area contributed by atoms with Crippen molar-refractivity contribution in [3.63, 3.8) is 0 Å². The molecule has 0 amide bonds. The fourth-order valence-electron chi connectivity index (χ4n) is 1.42. The highest BCUT2D eigenvalue weighted by Crippen LogP contribution is 2.08. The quantitative estimate of drug-likeness (QED) is 0.647. The van der Waals surface area contributed by atoms with Crippen molar-refractivity contribution < 1.29 is 9.53 Å². The molecule has 0 aliphatic carbocycles. The molecule has 0 aliphatic rings. The molecule has 0 bridgehead atoms. The number of nitrogen functional groups attached to an aromatic ring is 1. The number of hydrogen-bond donors (Lipinski definition) is 1. The highest BCUT2D eigenvalue weighted by molar-refractivity contribution is 5.89. The summed E-state index contributed by atoms with van der Waals surface area (Å²) >= 11 is 0. The van der Waals surface area contributed by atoms with Crippen molar-refractivity contribution in [3.05, 3.63) is 65.7 Å².